The van der Waals surface area contributed by atoms with Crippen molar-refractivity contribution < 1.29 is 9.90 Å². The first kappa shape index (κ1) is 13.5. The maximum atomic E-state index is 10.3. The number of carboxylic acids is 1. The highest BCUT2D eigenvalue weighted by atomic mass is 32.2. The molecule has 0 bridgehead atoms. The van der Waals surface area contributed by atoms with Gasteiger partial charge in [0.25, 0.3) is 0 Å². The summed E-state index contributed by atoms with van der Waals surface area (Å²) in [5.41, 5.74) is 1.28. The van der Waals surface area contributed by atoms with Crippen LogP contribution in [0.5, 0.6) is 0 Å². The third-order valence-electron chi connectivity index (χ3n) is 1.98. The maximum absolute atomic E-state index is 10.3. The van der Waals surface area contributed by atoms with E-state index in [0.29, 0.717) is 5.75 Å². The predicted molar refractivity (Wildman–Crippen MR) is 71.5 cm³/mol. The van der Waals surface area contributed by atoms with Gasteiger partial charge < -0.3 is 5.11 Å². The number of benzene rings is 1. The Bertz CT molecular complexity index is 322. The molecule has 0 radical (unpaired) electrons. The number of aliphatic carboxylic acids is 1. The molecule has 0 spiro atoms. The van der Waals surface area contributed by atoms with Crippen molar-refractivity contribution >= 4 is 29.5 Å². The van der Waals surface area contributed by atoms with E-state index in [1.54, 1.807) is 11.8 Å². The lowest BCUT2D eigenvalue weighted by molar-refractivity contribution is -0.136. The van der Waals surface area contributed by atoms with Gasteiger partial charge in [-0.2, -0.15) is 11.8 Å². The molecule has 1 rings (SSSR count). The molecule has 0 saturated carbocycles. The van der Waals surface area contributed by atoms with Crippen LogP contribution in [0.3, 0.4) is 0 Å². The number of hydrogen-bond donors (Lipinski definition) is 1. The molecule has 1 aromatic carbocycles. The van der Waals surface area contributed by atoms with Gasteiger partial charge in [-0.3, -0.25) is 4.79 Å². The zero-order valence-corrected chi connectivity index (χ0v) is 10.9. The number of carbonyl (C=O) groups is 1. The van der Waals surface area contributed by atoms with Crippen molar-refractivity contribution in [1.29, 1.82) is 0 Å². The van der Waals surface area contributed by atoms with Crippen LogP contribution >= 0.6 is 23.5 Å². The van der Waals surface area contributed by atoms with Gasteiger partial charge in [-0.25, -0.2) is 0 Å². The molecule has 4 heteroatoms. The van der Waals surface area contributed by atoms with E-state index < -0.39 is 5.97 Å². The topological polar surface area (TPSA) is 37.3 Å². The lowest BCUT2D eigenvalue weighted by Gasteiger charge is -2.01. The Morgan fingerprint density at radius 3 is 2.50 bits per heavy atom. The minimum atomic E-state index is -0.710. The molecular formula is C12H16O2S2. The SMILES string of the molecule is Cc1ccc(SCCSCCC(=O)O)cc1. The van der Waals surface area contributed by atoms with Crippen molar-refractivity contribution in [1.82, 2.24) is 0 Å². The van der Waals surface area contributed by atoms with Gasteiger partial charge in [-0.05, 0) is 19.1 Å². The molecule has 0 aliphatic rings. The molecule has 1 aromatic rings. The molecule has 0 aliphatic carbocycles. The molecule has 1 N–H and O–H groups in total. The summed E-state index contributed by atoms with van der Waals surface area (Å²) >= 11 is 3.52. The molecular weight excluding hydrogens is 240 g/mol. The Morgan fingerprint density at radius 1 is 1.19 bits per heavy atom. The van der Waals surface area contributed by atoms with Crippen molar-refractivity contribution in [3.05, 3.63) is 29.8 Å². The van der Waals surface area contributed by atoms with E-state index >= 15 is 0 Å². The first-order valence-corrected chi connectivity index (χ1v) is 7.31. The molecule has 0 heterocycles. The molecule has 0 unspecified atom stereocenters. The van der Waals surface area contributed by atoms with Crippen LogP contribution in [-0.2, 0) is 4.79 Å². The molecule has 0 saturated heterocycles. The minimum Gasteiger partial charge on any atom is -0.481 e. The molecule has 0 aromatic heterocycles. The second kappa shape index (κ2) is 7.63. The van der Waals surface area contributed by atoms with Crippen LogP contribution in [0.1, 0.15) is 12.0 Å². The molecule has 0 aliphatic heterocycles. The zero-order valence-electron chi connectivity index (χ0n) is 9.31. The number of rotatable bonds is 7. The lowest BCUT2D eigenvalue weighted by atomic mass is 10.2. The Hall–Kier alpha value is -0.610. The minimum absolute atomic E-state index is 0.264. The normalized spacial score (nSPS) is 10.3. The largest absolute Gasteiger partial charge is 0.481 e. The molecule has 16 heavy (non-hydrogen) atoms. The fourth-order valence-corrected chi connectivity index (χ4v) is 3.01. The van der Waals surface area contributed by atoms with Gasteiger partial charge in [0.1, 0.15) is 0 Å². The summed E-state index contributed by atoms with van der Waals surface area (Å²) in [6.45, 7) is 2.08. The smallest absolute Gasteiger partial charge is 0.304 e. The van der Waals surface area contributed by atoms with Crippen molar-refractivity contribution in [3.63, 3.8) is 0 Å². The van der Waals surface area contributed by atoms with Crippen LogP contribution in [0.25, 0.3) is 0 Å². The first-order valence-electron chi connectivity index (χ1n) is 5.17. The molecule has 0 fully saturated rings. The van der Waals surface area contributed by atoms with Crippen LogP contribution in [-0.4, -0.2) is 28.3 Å². The van der Waals surface area contributed by atoms with Crippen molar-refractivity contribution in [2.75, 3.05) is 17.3 Å². The number of aryl methyl sites for hydroxylation is 1. The third kappa shape index (κ3) is 6.08. The average Bonchev–Trinajstić information content (AvgIpc) is 2.25. The van der Waals surface area contributed by atoms with Crippen LogP contribution < -0.4 is 0 Å². The fraction of sp³-hybridized carbons (Fsp3) is 0.417. The van der Waals surface area contributed by atoms with Gasteiger partial charge in [-0.1, -0.05) is 17.7 Å². The van der Waals surface area contributed by atoms with E-state index in [1.165, 1.54) is 10.5 Å². The summed E-state index contributed by atoms with van der Waals surface area (Å²) in [7, 11) is 0. The first-order chi connectivity index (χ1) is 7.68. The summed E-state index contributed by atoms with van der Waals surface area (Å²) < 4.78 is 0. The lowest BCUT2D eigenvalue weighted by Crippen LogP contribution is -1.97. The van der Waals surface area contributed by atoms with E-state index in [2.05, 4.69) is 31.2 Å². The van der Waals surface area contributed by atoms with E-state index in [1.807, 2.05) is 11.8 Å². The van der Waals surface area contributed by atoms with Crippen molar-refractivity contribution in [2.24, 2.45) is 0 Å². The summed E-state index contributed by atoms with van der Waals surface area (Å²) in [5.74, 6) is 2.04. The van der Waals surface area contributed by atoms with Gasteiger partial charge in [0.15, 0.2) is 0 Å². The van der Waals surface area contributed by atoms with Crippen molar-refractivity contribution in [2.45, 2.75) is 18.2 Å². The van der Waals surface area contributed by atoms with Gasteiger partial charge >= 0.3 is 5.97 Å². The zero-order chi connectivity index (χ0) is 11.8. The van der Waals surface area contributed by atoms with Crippen LogP contribution in [0, 0.1) is 6.92 Å². The van der Waals surface area contributed by atoms with Gasteiger partial charge in [0.05, 0.1) is 6.42 Å². The van der Waals surface area contributed by atoms with E-state index in [-0.39, 0.29) is 6.42 Å². The predicted octanol–water partition coefficient (Wildman–Crippen LogP) is 3.30. The Labute approximate surface area is 105 Å². The number of hydrogen-bond acceptors (Lipinski definition) is 3. The van der Waals surface area contributed by atoms with Crippen LogP contribution in [0.4, 0.5) is 0 Å². The Morgan fingerprint density at radius 2 is 1.88 bits per heavy atom. The van der Waals surface area contributed by atoms with Crippen LogP contribution in [0.15, 0.2) is 29.2 Å². The average molecular weight is 256 g/mol. The van der Waals surface area contributed by atoms with E-state index in [0.717, 1.165) is 11.5 Å². The molecule has 0 amide bonds. The van der Waals surface area contributed by atoms with Gasteiger partial charge in [0.2, 0.25) is 0 Å². The monoisotopic (exact) mass is 256 g/mol. The van der Waals surface area contributed by atoms with Gasteiger partial charge in [-0.15, -0.1) is 11.8 Å². The van der Waals surface area contributed by atoms with E-state index in [9.17, 15) is 4.79 Å². The quantitative estimate of drug-likeness (QED) is 0.600. The second-order valence-corrected chi connectivity index (χ2v) is 5.81. The summed E-state index contributed by atoms with van der Waals surface area (Å²) in [4.78, 5) is 11.5. The molecule has 88 valence electrons. The summed E-state index contributed by atoms with van der Waals surface area (Å²) in [6, 6.07) is 8.48. The highest BCUT2D eigenvalue weighted by molar-refractivity contribution is 8.02. The third-order valence-corrected chi connectivity index (χ3v) is 4.24. The summed E-state index contributed by atoms with van der Waals surface area (Å²) in [5, 5.41) is 8.46. The highest BCUT2D eigenvalue weighted by Crippen LogP contribution is 2.19. The van der Waals surface area contributed by atoms with Crippen molar-refractivity contribution in [3.8, 4) is 0 Å². The van der Waals surface area contributed by atoms with Crippen LogP contribution in [0.2, 0.25) is 0 Å². The second-order valence-electron chi connectivity index (χ2n) is 3.42. The highest BCUT2D eigenvalue weighted by Gasteiger charge is 1.97. The Balaban J connectivity index is 2.07. The summed E-state index contributed by atoms with van der Waals surface area (Å²) in [6.07, 6.45) is 0.264. The molecule has 2 nitrogen and oxygen atoms in total. The van der Waals surface area contributed by atoms with E-state index in [4.69, 9.17) is 5.11 Å². The Kier molecular flexibility index (Phi) is 6.42. The van der Waals surface area contributed by atoms with Gasteiger partial charge in [0, 0.05) is 22.2 Å². The maximum Gasteiger partial charge on any atom is 0.304 e. The molecule has 0 atom stereocenters. The number of thioether (sulfide) groups is 2. The fourth-order valence-electron chi connectivity index (χ4n) is 1.11. The number of carboxylic acid groups (broad SMARTS) is 1. The standard InChI is InChI=1S/C12H16O2S2/c1-10-2-4-11(5-3-10)16-9-8-15-7-6-12(13)14/h2-5H,6-9H2,1H3,(H,13,14).